The van der Waals surface area contributed by atoms with Gasteiger partial charge in [-0.1, -0.05) is 0 Å². The predicted molar refractivity (Wildman–Crippen MR) is 105 cm³/mol. The van der Waals surface area contributed by atoms with Crippen molar-refractivity contribution in [2.24, 2.45) is 0 Å². The summed E-state index contributed by atoms with van der Waals surface area (Å²) in [6.07, 6.45) is 3.20. The van der Waals surface area contributed by atoms with Crippen LogP contribution in [-0.4, -0.2) is 35.3 Å². The van der Waals surface area contributed by atoms with E-state index in [1.54, 1.807) is 0 Å². The SMILES string of the molecule is N#Cc1ccc(Oc2ccc(C(F)(F)C(O)(Cn3cnnn3)c3ccc(F)cc3F)nc2)cn1. The topological polar surface area (TPSA) is 123 Å². The summed E-state index contributed by atoms with van der Waals surface area (Å²) in [7, 11) is 0. The first-order valence-electron chi connectivity index (χ1n) is 9.50. The van der Waals surface area contributed by atoms with Crippen LogP contribution in [0.25, 0.3) is 0 Å². The quantitative estimate of drug-likeness (QED) is 0.408. The Morgan fingerprint density at radius 3 is 2.32 bits per heavy atom. The van der Waals surface area contributed by atoms with Crippen molar-refractivity contribution in [2.45, 2.75) is 18.1 Å². The lowest BCUT2D eigenvalue weighted by Gasteiger charge is -2.35. The molecule has 9 nitrogen and oxygen atoms in total. The van der Waals surface area contributed by atoms with E-state index in [9.17, 15) is 13.9 Å². The monoisotopic (exact) mass is 471 g/mol. The molecule has 0 saturated carbocycles. The number of tetrazole rings is 1. The first-order valence-corrected chi connectivity index (χ1v) is 9.50. The van der Waals surface area contributed by atoms with Crippen LogP contribution in [0.15, 0.2) is 61.2 Å². The summed E-state index contributed by atoms with van der Waals surface area (Å²) >= 11 is 0. The highest BCUT2D eigenvalue weighted by atomic mass is 19.3. The first-order chi connectivity index (χ1) is 16.2. The highest BCUT2D eigenvalue weighted by Crippen LogP contribution is 2.46. The summed E-state index contributed by atoms with van der Waals surface area (Å²) in [6, 6.07) is 8.60. The van der Waals surface area contributed by atoms with Crippen molar-refractivity contribution in [1.82, 2.24) is 30.2 Å². The van der Waals surface area contributed by atoms with Gasteiger partial charge in [0.2, 0.25) is 0 Å². The summed E-state index contributed by atoms with van der Waals surface area (Å²) in [4.78, 5) is 7.51. The molecule has 0 spiro atoms. The van der Waals surface area contributed by atoms with Crippen LogP contribution in [0.5, 0.6) is 11.5 Å². The van der Waals surface area contributed by atoms with E-state index in [1.165, 1.54) is 18.3 Å². The zero-order valence-electron chi connectivity index (χ0n) is 17.0. The number of rotatable bonds is 7. The number of halogens is 4. The number of pyridine rings is 2. The fourth-order valence-corrected chi connectivity index (χ4v) is 3.15. The standard InChI is InChI=1S/C21H13F4N7O2/c22-13-1-5-17(18(23)7-13)20(33,11-32-12-29-30-31-32)21(24,25)19-6-4-16(10-28-19)34-15-3-2-14(8-26)27-9-15/h1-7,9-10,12,33H,11H2. The van der Waals surface area contributed by atoms with E-state index in [4.69, 9.17) is 10.00 Å². The average Bonchev–Trinajstić information content (AvgIpc) is 3.32. The van der Waals surface area contributed by atoms with Crippen LogP contribution in [-0.2, 0) is 18.1 Å². The van der Waals surface area contributed by atoms with Crippen molar-refractivity contribution in [2.75, 3.05) is 0 Å². The number of alkyl halides is 2. The smallest absolute Gasteiger partial charge is 0.323 e. The third-order valence-electron chi connectivity index (χ3n) is 4.82. The Kier molecular flexibility index (Phi) is 5.91. The molecule has 172 valence electrons. The minimum absolute atomic E-state index is 0.0584. The number of nitrogens with zero attached hydrogens (tertiary/aromatic N) is 7. The van der Waals surface area contributed by atoms with Gasteiger partial charge in [-0.05, 0) is 46.8 Å². The van der Waals surface area contributed by atoms with E-state index < -0.39 is 41.0 Å². The number of nitriles is 1. The molecule has 4 rings (SSSR count). The summed E-state index contributed by atoms with van der Waals surface area (Å²) in [5.41, 5.74) is -4.88. The van der Waals surface area contributed by atoms with Crippen LogP contribution in [0.3, 0.4) is 0 Å². The Bertz CT molecular complexity index is 1330. The molecule has 34 heavy (non-hydrogen) atoms. The normalized spacial score (nSPS) is 13.2. The second-order valence-electron chi connectivity index (χ2n) is 7.04. The Morgan fingerprint density at radius 1 is 1.03 bits per heavy atom. The molecule has 1 aromatic carbocycles. The Labute approximate surface area is 188 Å². The van der Waals surface area contributed by atoms with Gasteiger partial charge in [0.1, 0.15) is 46.9 Å². The van der Waals surface area contributed by atoms with E-state index >= 15 is 8.78 Å². The second kappa shape index (κ2) is 8.83. The number of ether oxygens (including phenoxy) is 1. The first kappa shape index (κ1) is 22.7. The Morgan fingerprint density at radius 2 is 1.76 bits per heavy atom. The number of benzene rings is 1. The van der Waals surface area contributed by atoms with Gasteiger partial charge in [-0.3, -0.25) is 4.98 Å². The number of aromatic nitrogens is 6. The summed E-state index contributed by atoms with van der Waals surface area (Å²) in [5.74, 6) is -6.30. The molecule has 13 heteroatoms. The highest BCUT2D eigenvalue weighted by molar-refractivity contribution is 5.34. The number of hydrogen-bond donors (Lipinski definition) is 1. The molecule has 0 bridgehead atoms. The van der Waals surface area contributed by atoms with Crippen LogP contribution >= 0.6 is 0 Å². The third kappa shape index (κ3) is 4.26. The molecule has 1 atom stereocenters. The molecule has 0 saturated heterocycles. The molecule has 4 aromatic rings. The van der Waals surface area contributed by atoms with Crippen molar-refractivity contribution >= 4 is 0 Å². The molecular formula is C21H13F4N7O2. The molecule has 0 aliphatic heterocycles. The average molecular weight is 471 g/mol. The van der Waals surface area contributed by atoms with Crippen molar-refractivity contribution in [3.63, 3.8) is 0 Å². The summed E-state index contributed by atoms with van der Waals surface area (Å²) in [6.45, 7) is -0.966. The van der Waals surface area contributed by atoms with Gasteiger partial charge in [-0.2, -0.15) is 14.0 Å². The van der Waals surface area contributed by atoms with Gasteiger partial charge in [-0.15, -0.1) is 5.10 Å². The van der Waals surface area contributed by atoms with Crippen LogP contribution in [0.1, 0.15) is 17.0 Å². The van der Waals surface area contributed by atoms with Crippen molar-refractivity contribution < 1.29 is 27.4 Å². The minimum Gasteiger partial charge on any atom is -0.454 e. The Hall–Kier alpha value is -4.44. The van der Waals surface area contributed by atoms with E-state index in [0.717, 1.165) is 41.5 Å². The van der Waals surface area contributed by atoms with E-state index in [1.807, 2.05) is 6.07 Å². The van der Waals surface area contributed by atoms with E-state index in [-0.39, 0.29) is 17.2 Å². The van der Waals surface area contributed by atoms with Crippen LogP contribution in [0.2, 0.25) is 0 Å². The van der Waals surface area contributed by atoms with Crippen LogP contribution in [0, 0.1) is 23.0 Å². The van der Waals surface area contributed by atoms with Crippen LogP contribution < -0.4 is 4.74 Å². The molecule has 0 aliphatic carbocycles. The van der Waals surface area contributed by atoms with Gasteiger partial charge in [0.05, 0.1) is 18.9 Å². The molecule has 1 unspecified atom stereocenters. The maximum Gasteiger partial charge on any atom is 0.323 e. The molecule has 0 radical (unpaired) electrons. The minimum atomic E-state index is -4.19. The zero-order valence-corrected chi connectivity index (χ0v) is 17.0. The molecule has 0 aliphatic rings. The molecule has 0 amide bonds. The van der Waals surface area contributed by atoms with Gasteiger partial charge >= 0.3 is 5.92 Å². The zero-order chi connectivity index (χ0) is 24.3. The number of hydrogen-bond acceptors (Lipinski definition) is 8. The molecule has 3 heterocycles. The second-order valence-corrected chi connectivity index (χ2v) is 7.04. The number of aliphatic hydroxyl groups is 1. The largest absolute Gasteiger partial charge is 0.454 e. The highest BCUT2D eigenvalue weighted by Gasteiger charge is 2.58. The lowest BCUT2D eigenvalue weighted by atomic mass is 9.84. The fraction of sp³-hybridized carbons (Fsp3) is 0.143. The third-order valence-corrected chi connectivity index (χ3v) is 4.82. The van der Waals surface area contributed by atoms with E-state index in [0.29, 0.717) is 6.07 Å². The fourth-order valence-electron chi connectivity index (χ4n) is 3.15. The van der Waals surface area contributed by atoms with Gasteiger partial charge in [-0.25, -0.2) is 18.4 Å². The van der Waals surface area contributed by atoms with Crippen LogP contribution in [0.4, 0.5) is 17.6 Å². The van der Waals surface area contributed by atoms with Crippen molar-refractivity contribution in [3.8, 4) is 17.6 Å². The molecular weight excluding hydrogens is 458 g/mol. The van der Waals surface area contributed by atoms with Gasteiger partial charge < -0.3 is 9.84 Å². The Balaban J connectivity index is 1.68. The lowest BCUT2D eigenvalue weighted by Crippen LogP contribution is -2.48. The summed E-state index contributed by atoms with van der Waals surface area (Å²) in [5, 5.41) is 30.0. The maximum absolute atomic E-state index is 15.7. The van der Waals surface area contributed by atoms with E-state index in [2.05, 4.69) is 25.5 Å². The summed E-state index contributed by atoms with van der Waals surface area (Å²) < 4.78 is 65.5. The van der Waals surface area contributed by atoms with Crippen molar-refractivity contribution in [3.05, 3.63) is 89.8 Å². The predicted octanol–water partition coefficient (Wildman–Crippen LogP) is 3.09. The van der Waals surface area contributed by atoms with Gasteiger partial charge in [0.25, 0.3) is 0 Å². The van der Waals surface area contributed by atoms with Gasteiger partial charge in [0.15, 0.2) is 5.60 Å². The molecule has 1 N–H and O–H groups in total. The van der Waals surface area contributed by atoms with Crippen molar-refractivity contribution in [1.29, 1.82) is 5.26 Å². The molecule has 0 fully saturated rings. The maximum atomic E-state index is 15.7. The lowest BCUT2D eigenvalue weighted by molar-refractivity contribution is -0.207. The van der Waals surface area contributed by atoms with Gasteiger partial charge in [0, 0.05) is 11.6 Å². The molecule has 3 aromatic heterocycles.